The monoisotopic (exact) mass is 486 g/mol. The van der Waals surface area contributed by atoms with Crippen LogP contribution in [0, 0.1) is 50.2 Å². The average Bonchev–Trinajstić information content (AvgIpc) is 2.75. The number of aliphatic hydroxyl groups is 2. The molecular formula is C30H46O5. The van der Waals surface area contributed by atoms with Gasteiger partial charge in [-0.3, -0.25) is 9.59 Å². The number of allylic oxidation sites excluding steroid dienone is 2. The molecule has 0 aromatic rings. The van der Waals surface area contributed by atoms with Crippen molar-refractivity contribution in [2.75, 3.05) is 0 Å². The summed E-state index contributed by atoms with van der Waals surface area (Å²) in [5.41, 5.74) is -1.01. The molecule has 0 unspecified atom stereocenters. The van der Waals surface area contributed by atoms with E-state index < -0.39 is 29.0 Å². The molecule has 0 aromatic carbocycles. The fraction of sp³-hybridized carbons (Fsp3) is 0.867. The summed E-state index contributed by atoms with van der Waals surface area (Å²) in [6, 6.07) is 0. The zero-order chi connectivity index (χ0) is 26.0. The first-order valence-corrected chi connectivity index (χ1v) is 13.8. The highest BCUT2D eigenvalue weighted by molar-refractivity contribution is 5.96. The first-order valence-electron chi connectivity index (χ1n) is 13.8. The second kappa shape index (κ2) is 7.22. The second-order valence-corrected chi connectivity index (χ2v) is 15.0. The summed E-state index contributed by atoms with van der Waals surface area (Å²) in [6.07, 6.45) is 6.91. The molecule has 5 nitrogen and oxygen atoms in total. The van der Waals surface area contributed by atoms with Crippen molar-refractivity contribution < 1.29 is 24.9 Å². The number of hydrogen-bond acceptors (Lipinski definition) is 4. The number of carboxylic acid groups (broad SMARTS) is 1. The molecule has 5 heteroatoms. The summed E-state index contributed by atoms with van der Waals surface area (Å²) in [4.78, 5) is 26.5. The van der Waals surface area contributed by atoms with Gasteiger partial charge < -0.3 is 15.3 Å². The molecule has 0 radical (unpaired) electrons. The van der Waals surface area contributed by atoms with Crippen LogP contribution in [0.1, 0.15) is 99.8 Å². The molecule has 5 aliphatic rings. The zero-order valence-corrected chi connectivity index (χ0v) is 22.8. The van der Waals surface area contributed by atoms with Gasteiger partial charge in [-0.15, -0.1) is 0 Å². The standard InChI is InChI=1S/C30H46O5/c1-25(2)20-8-9-29(6)23(30(20,7)22(33)15-21(25)32)19(31)14-17-18-16-27(4,24(34)35)11-10-26(18,3)12-13-28(17,29)5/h14,18,20-23,32-33H,8-13,15-16H2,1-7H3,(H,34,35)/t18-,20-,21-,22-,23-,26+,27-,28+,29+,30+/m0/s1. The van der Waals surface area contributed by atoms with E-state index >= 15 is 0 Å². The Morgan fingerprint density at radius 1 is 0.914 bits per heavy atom. The van der Waals surface area contributed by atoms with Gasteiger partial charge in [0, 0.05) is 17.8 Å². The van der Waals surface area contributed by atoms with E-state index in [1.807, 2.05) is 13.0 Å². The number of fused-ring (bicyclic) bond motifs is 7. The lowest BCUT2D eigenvalue weighted by molar-refractivity contribution is -0.238. The maximum absolute atomic E-state index is 14.2. The Kier molecular flexibility index (Phi) is 5.25. The van der Waals surface area contributed by atoms with Crippen LogP contribution in [0.25, 0.3) is 0 Å². The minimum Gasteiger partial charge on any atom is -0.481 e. The maximum atomic E-state index is 14.2. The molecule has 0 aromatic heterocycles. The van der Waals surface area contributed by atoms with Gasteiger partial charge >= 0.3 is 5.97 Å². The quantitative estimate of drug-likeness (QED) is 0.462. The van der Waals surface area contributed by atoms with Crippen molar-refractivity contribution in [1.29, 1.82) is 0 Å². The molecule has 0 spiro atoms. The third kappa shape index (κ3) is 2.94. The highest BCUT2D eigenvalue weighted by Crippen LogP contribution is 2.75. The van der Waals surface area contributed by atoms with Crippen molar-refractivity contribution in [1.82, 2.24) is 0 Å². The summed E-state index contributed by atoms with van der Waals surface area (Å²) in [5, 5.41) is 32.4. The Balaban J connectivity index is 1.65. The average molecular weight is 487 g/mol. The lowest BCUT2D eigenvalue weighted by Crippen LogP contribution is -2.70. The molecule has 196 valence electrons. The Hall–Kier alpha value is -1.20. The predicted molar refractivity (Wildman–Crippen MR) is 134 cm³/mol. The minimum atomic E-state index is -0.757. The summed E-state index contributed by atoms with van der Waals surface area (Å²) in [5.74, 6) is -0.753. The van der Waals surface area contributed by atoms with Crippen LogP contribution in [0.5, 0.6) is 0 Å². The van der Waals surface area contributed by atoms with Crippen LogP contribution in [0.2, 0.25) is 0 Å². The maximum Gasteiger partial charge on any atom is 0.309 e. The number of rotatable bonds is 1. The van der Waals surface area contributed by atoms with Crippen molar-refractivity contribution in [2.24, 2.45) is 50.2 Å². The molecule has 3 N–H and O–H groups in total. The molecule has 0 aliphatic heterocycles. The van der Waals surface area contributed by atoms with Crippen LogP contribution in [0.3, 0.4) is 0 Å². The van der Waals surface area contributed by atoms with Gasteiger partial charge in [-0.05, 0) is 91.4 Å². The van der Waals surface area contributed by atoms with E-state index in [0.29, 0.717) is 19.3 Å². The first-order chi connectivity index (χ1) is 16.0. The van der Waals surface area contributed by atoms with E-state index in [2.05, 4.69) is 41.5 Å². The number of aliphatic hydroxyl groups excluding tert-OH is 2. The largest absolute Gasteiger partial charge is 0.481 e. The van der Waals surface area contributed by atoms with E-state index in [9.17, 15) is 24.9 Å². The number of carbonyl (C=O) groups excluding carboxylic acids is 1. The van der Waals surface area contributed by atoms with Crippen LogP contribution in [-0.4, -0.2) is 39.3 Å². The van der Waals surface area contributed by atoms with Gasteiger partial charge in [-0.2, -0.15) is 0 Å². The summed E-state index contributed by atoms with van der Waals surface area (Å²) in [6.45, 7) is 15.1. The summed E-state index contributed by atoms with van der Waals surface area (Å²) >= 11 is 0. The van der Waals surface area contributed by atoms with E-state index in [-0.39, 0.29) is 45.2 Å². The summed E-state index contributed by atoms with van der Waals surface area (Å²) in [7, 11) is 0. The van der Waals surface area contributed by atoms with Gasteiger partial charge in [0.25, 0.3) is 0 Å². The molecule has 0 saturated heterocycles. The van der Waals surface area contributed by atoms with Gasteiger partial charge in [0.05, 0.1) is 17.6 Å². The van der Waals surface area contributed by atoms with Crippen molar-refractivity contribution in [3.63, 3.8) is 0 Å². The number of ketones is 1. The van der Waals surface area contributed by atoms with Gasteiger partial charge in [0.1, 0.15) is 0 Å². The van der Waals surface area contributed by atoms with Crippen LogP contribution >= 0.6 is 0 Å². The fourth-order valence-electron chi connectivity index (χ4n) is 10.3. The van der Waals surface area contributed by atoms with Crippen LogP contribution in [0.4, 0.5) is 0 Å². The van der Waals surface area contributed by atoms with Crippen molar-refractivity contribution in [2.45, 2.75) is 112 Å². The molecule has 0 amide bonds. The van der Waals surface area contributed by atoms with Crippen molar-refractivity contribution >= 4 is 11.8 Å². The second-order valence-electron chi connectivity index (χ2n) is 15.0. The molecule has 35 heavy (non-hydrogen) atoms. The normalized spacial score (nSPS) is 55.1. The molecule has 4 saturated carbocycles. The molecular weight excluding hydrogens is 440 g/mol. The van der Waals surface area contributed by atoms with Crippen molar-refractivity contribution in [3.05, 3.63) is 11.6 Å². The Morgan fingerprint density at radius 2 is 1.54 bits per heavy atom. The highest BCUT2D eigenvalue weighted by Gasteiger charge is 2.72. The fourth-order valence-corrected chi connectivity index (χ4v) is 10.3. The van der Waals surface area contributed by atoms with Gasteiger partial charge in [0.2, 0.25) is 0 Å². The highest BCUT2D eigenvalue weighted by atomic mass is 16.4. The number of aliphatic carboxylic acids is 1. The molecule has 0 bridgehead atoms. The topological polar surface area (TPSA) is 94.8 Å². The Morgan fingerprint density at radius 3 is 2.17 bits per heavy atom. The van der Waals surface area contributed by atoms with E-state index in [1.54, 1.807) is 0 Å². The predicted octanol–water partition coefficient (Wildman–Crippen LogP) is 5.38. The lowest BCUT2D eigenvalue weighted by Gasteiger charge is -2.71. The number of carboxylic acids is 1. The van der Waals surface area contributed by atoms with Crippen LogP contribution in [0.15, 0.2) is 11.6 Å². The smallest absolute Gasteiger partial charge is 0.309 e. The Bertz CT molecular complexity index is 999. The van der Waals surface area contributed by atoms with Gasteiger partial charge in [0.15, 0.2) is 5.78 Å². The van der Waals surface area contributed by atoms with Gasteiger partial charge in [-0.25, -0.2) is 0 Å². The molecule has 5 rings (SSSR count). The van der Waals surface area contributed by atoms with Crippen LogP contribution in [-0.2, 0) is 9.59 Å². The summed E-state index contributed by atoms with van der Waals surface area (Å²) < 4.78 is 0. The molecule has 0 heterocycles. The third-order valence-electron chi connectivity index (χ3n) is 13.2. The van der Waals surface area contributed by atoms with Crippen molar-refractivity contribution in [3.8, 4) is 0 Å². The number of carbonyl (C=O) groups is 2. The number of hydrogen-bond donors (Lipinski definition) is 3. The zero-order valence-electron chi connectivity index (χ0n) is 22.8. The first kappa shape index (κ1) is 25.4. The molecule has 4 fully saturated rings. The molecule has 10 atom stereocenters. The van der Waals surface area contributed by atoms with E-state index in [0.717, 1.165) is 32.1 Å². The Labute approximate surface area is 210 Å². The third-order valence-corrected chi connectivity index (χ3v) is 13.2. The van der Waals surface area contributed by atoms with Crippen LogP contribution < -0.4 is 0 Å². The molecule has 5 aliphatic carbocycles. The van der Waals surface area contributed by atoms with E-state index in [1.165, 1.54) is 5.57 Å². The lowest BCUT2D eigenvalue weighted by atomic mass is 9.33. The minimum absolute atomic E-state index is 0.0291. The SMILES string of the molecule is CC1(C)[C@@H](O)C[C@H](O)[C@]2(C)[C@H]3C(=O)C=C4[C@@H]5C[C@@](C)(C(=O)O)CC[C@]5(C)CC[C@@]4(C)[C@]3(C)CC[C@@H]12. The van der Waals surface area contributed by atoms with E-state index in [4.69, 9.17) is 0 Å². The van der Waals surface area contributed by atoms with Gasteiger partial charge in [-0.1, -0.05) is 47.1 Å².